The molecule has 0 bridgehead atoms. The Balaban J connectivity index is 2.50. The second-order valence-corrected chi connectivity index (χ2v) is 7.26. The van der Waals surface area contributed by atoms with Crippen LogP contribution in [-0.2, 0) is 6.18 Å². The zero-order chi connectivity index (χ0) is 14.2. The van der Waals surface area contributed by atoms with Gasteiger partial charge in [-0.05, 0) is 45.8 Å². The van der Waals surface area contributed by atoms with E-state index in [0.29, 0.717) is 9.35 Å². The third-order valence-electron chi connectivity index (χ3n) is 2.56. The van der Waals surface area contributed by atoms with Gasteiger partial charge in [-0.3, -0.25) is 0 Å². The van der Waals surface area contributed by atoms with Gasteiger partial charge in [0.2, 0.25) is 0 Å². The van der Waals surface area contributed by atoms with Crippen molar-refractivity contribution in [3.05, 3.63) is 54.6 Å². The molecule has 1 unspecified atom stereocenters. The van der Waals surface area contributed by atoms with Gasteiger partial charge in [-0.2, -0.15) is 13.2 Å². The summed E-state index contributed by atoms with van der Waals surface area (Å²) in [4.78, 5) is 0.680. The molecule has 0 radical (unpaired) electrons. The predicted octanol–water partition coefficient (Wildman–Crippen LogP) is 5.34. The second-order valence-electron chi connectivity index (χ2n) is 3.85. The topological polar surface area (TPSA) is 26.0 Å². The van der Waals surface area contributed by atoms with Crippen LogP contribution in [0.4, 0.5) is 13.2 Å². The lowest BCUT2D eigenvalue weighted by Crippen LogP contribution is -2.17. The van der Waals surface area contributed by atoms with Crippen LogP contribution < -0.4 is 5.73 Å². The van der Waals surface area contributed by atoms with E-state index in [0.717, 1.165) is 9.85 Å². The Kier molecular flexibility index (Phi) is 4.39. The molecule has 1 heterocycles. The summed E-state index contributed by atoms with van der Waals surface area (Å²) in [5, 5.41) is 0. The second kappa shape index (κ2) is 5.55. The average molecular weight is 415 g/mol. The summed E-state index contributed by atoms with van der Waals surface area (Å²) in [5.41, 5.74) is 5.32. The van der Waals surface area contributed by atoms with Crippen molar-refractivity contribution in [2.45, 2.75) is 12.2 Å². The molecule has 19 heavy (non-hydrogen) atoms. The molecule has 0 aliphatic heterocycles. The van der Waals surface area contributed by atoms with Gasteiger partial charge in [0.15, 0.2) is 0 Å². The Morgan fingerprint density at radius 1 is 1.11 bits per heavy atom. The van der Waals surface area contributed by atoms with Crippen molar-refractivity contribution in [2.75, 3.05) is 0 Å². The molecule has 2 rings (SSSR count). The lowest BCUT2D eigenvalue weighted by Gasteiger charge is -2.17. The first-order valence-electron chi connectivity index (χ1n) is 5.16. The van der Waals surface area contributed by atoms with Crippen LogP contribution in [0.5, 0.6) is 0 Å². The molecule has 1 aromatic carbocycles. The molecule has 2 aromatic rings. The molecule has 0 saturated carbocycles. The summed E-state index contributed by atoms with van der Waals surface area (Å²) in [6.07, 6.45) is -4.43. The number of alkyl halides is 3. The van der Waals surface area contributed by atoms with Crippen LogP contribution in [0.2, 0.25) is 0 Å². The number of benzene rings is 1. The summed E-state index contributed by atoms with van der Waals surface area (Å²) < 4.78 is 40.3. The van der Waals surface area contributed by atoms with Gasteiger partial charge in [0, 0.05) is 9.35 Å². The van der Waals surface area contributed by atoms with Crippen LogP contribution >= 0.6 is 43.2 Å². The highest BCUT2D eigenvalue weighted by Gasteiger charge is 2.35. The van der Waals surface area contributed by atoms with E-state index in [2.05, 4.69) is 31.9 Å². The van der Waals surface area contributed by atoms with E-state index in [1.807, 2.05) is 0 Å². The third kappa shape index (κ3) is 3.39. The molecular weight excluding hydrogens is 407 g/mol. The van der Waals surface area contributed by atoms with Crippen molar-refractivity contribution >= 4 is 43.2 Å². The van der Waals surface area contributed by atoms with Crippen LogP contribution in [0.3, 0.4) is 0 Å². The zero-order valence-corrected chi connectivity index (χ0v) is 13.3. The van der Waals surface area contributed by atoms with Crippen LogP contribution in [-0.4, -0.2) is 0 Å². The Morgan fingerprint density at radius 2 is 1.79 bits per heavy atom. The molecule has 2 N–H and O–H groups in total. The van der Waals surface area contributed by atoms with E-state index in [1.54, 1.807) is 18.2 Å². The van der Waals surface area contributed by atoms with Gasteiger partial charge in [0.25, 0.3) is 0 Å². The quantitative estimate of drug-likeness (QED) is 0.705. The molecule has 0 aliphatic rings. The minimum Gasteiger partial charge on any atom is -0.320 e. The molecule has 1 aromatic heterocycles. The monoisotopic (exact) mass is 413 g/mol. The van der Waals surface area contributed by atoms with Crippen molar-refractivity contribution in [1.82, 2.24) is 0 Å². The lowest BCUT2D eigenvalue weighted by atomic mass is 9.99. The van der Waals surface area contributed by atoms with E-state index >= 15 is 0 Å². The van der Waals surface area contributed by atoms with Gasteiger partial charge in [-0.15, -0.1) is 11.3 Å². The summed E-state index contributed by atoms with van der Waals surface area (Å²) in [6, 6.07) is 6.73. The number of hydrogen-bond donors (Lipinski definition) is 1. The van der Waals surface area contributed by atoms with Crippen LogP contribution in [0, 0.1) is 0 Å². The molecule has 0 saturated heterocycles. The van der Waals surface area contributed by atoms with Gasteiger partial charge >= 0.3 is 6.18 Å². The molecule has 7 heteroatoms. The highest BCUT2D eigenvalue weighted by Crippen LogP contribution is 2.39. The average Bonchev–Trinajstić information content (AvgIpc) is 2.74. The van der Waals surface area contributed by atoms with Crippen LogP contribution in [0.15, 0.2) is 38.6 Å². The zero-order valence-electron chi connectivity index (χ0n) is 9.34. The largest absolute Gasteiger partial charge is 0.416 e. The fourth-order valence-electron chi connectivity index (χ4n) is 1.69. The summed E-state index contributed by atoms with van der Waals surface area (Å²) >= 11 is 7.66. The molecule has 102 valence electrons. The van der Waals surface area contributed by atoms with Crippen LogP contribution in [0.25, 0.3) is 0 Å². The van der Waals surface area contributed by atoms with E-state index in [1.165, 1.54) is 17.4 Å². The molecule has 0 amide bonds. The summed E-state index contributed by atoms with van der Waals surface area (Å²) in [7, 11) is 0. The van der Waals surface area contributed by atoms with E-state index in [9.17, 15) is 13.2 Å². The predicted molar refractivity (Wildman–Crippen MR) is 77.2 cm³/mol. The van der Waals surface area contributed by atoms with Crippen molar-refractivity contribution in [3.63, 3.8) is 0 Å². The van der Waals surface area contributed by atoms with E-state index < -0.39 is 17.8 Å². The first-order valence-corrected chi connectivity index (χ1v) is 7.57. The van der Waals surface area contributed by atoms with Crippen molar-refractivity contribution in [1.29, 1.82) is 0 Å². The molecule has 1 atom stereocenters. The Labute approximate surface area is 128 Å². The van der Waals surface area contributed by atoms with E-state index in [4.69, 9.17) is 5.73 Å². The highest BCUT2D eigenvalue weighted by molar-refractivity contribution is 9.11. The minimum atomic E-state index is -4.43. The lowest BCUT2D eigenvalue weighted by molar-refractivity contribution is -0.138. The highest BCUT2D eigenvalue weighted by atomic mass is 79.9. The Bertz CT molecular complexity index is 595. The van der Waals surface area contributed by atoms with Crippen molar-refractivity contribution in [3.8, 4) is 0 Å². The van der Waals surface area contributed by atoms with Gasteiger partial charge in [0.05, 0.1) is 15.4 Å². The maximum atomic E-state index is 13.0. The number of nitrogens with two attached hydrogens (primary N) is 1. The Hall–Kier alpha value is -0.370. The maximum absolute atomic E-state index is 13.0. The van der Waals surface area contributed by atoms with E-state index in [-0.39, 0.29) is 5.56 Å². The first-order chi connectivity index (χ1) is 8.79. The molecule has 0 aliphatic carbocycles. The Morgan fingerprint density at radius 3 is 2.32 bits per heavy atom. The normalized spacial score (nSPS) is 13.6. The SMILES string of the molecule is NC(c1ccc(Br)s1)c1ccc(Br)cc1C(F)(F)F. The van der Waals surface area contributed by atoms with Crippen molar-refractivity contribution in [2.24, 2.45) is 5.73 Å². The smallest absolute Gasteiger partial charge is 0.320 e. The number of halogens is 5. The number of thiophene rings is 1. The molecule has 0 fully saturated rings. The molecule has 1 nitrogen and oxygen atoms in total. The number of rotatable bonds is 2. The number of hydrogen-bond acceptors (Lipinski definition) is 2. The fraction of sp³-hybridized carbons (Fsp3) is 0.167. The third-order valence-corrected chi connectivity index (χ3v) is 4.76. The fourth-order valence-corrected chi connectivity index (χ4v) is 3.50. The van der Waals surface area contributed by atoms with Gasteiger partial charge in [-0.25, -0.2) is 0 Å². The van der Waals surface area contributed by atoms with Crippen molar-refractivity contribution < 1.29 is 13.2 Å². The summed E-state index contributed by atoms with van der Waals surface area (Å²) in [5.74, 6) is 0. The van der Waals surface area contributed by atoms with Gasteiger partial charge in [0.1, 0.15) is 0 Å². The minimum absolute atomic E-state index is 0.0741. The molecule has 0 spiro atoms. The molecular formula is C12H8Br2F3NS. The first kappa shape index (κ1) is 15.0. The van der Waals surface area contributed by atoms with Gasteiger partial charge < -0.3 is 5.73 Å². The van der Waals surface area contributed by atoms with Gasteiger partial charge in [-0.1, -0.05) is 22.0 Å². The standard InChI is InChI=1S/C12H8Br2F3NS/c13-6-1-2-7(8(5-6)12(15,16)17)11(18)9-3-4-10(14)19-9/h1-5,11H,18H2. The maximum Gasteiger partial charge on any atom is 0.416 e. The summed E-state index contributed by atoms with van der Waals surface area (Å²) in [6.45, 7) is 0. The van der Waals surface area contributed by atoms with Crippen LogP contribution in [0.1, 0.15) is 22.0 Å².